The molecule has 1 fully saturated rings. The Kier molecular flexibility index (Phi) is 5.40. The van der Waals surface area contributed by atoms with Crippen molar-refractivity contribution >= 4 is 40.5 Å². The van der Waals surface area contributed by atoms with Crippen LogP contribution in [0.1, 0.15) is 18.4 Å². The molecule has 1 aliphatic heterocycles. The Hall–Kier alpha value is -3.04. The topological polar surface area (TPSA) is 85.2 Å². The van der Waals surface area contributed by atoms with E-state index in [0.29, 0.717) is 34.9 Å². The van der Waals surface area contributed by atoms with Crippen LogP contribution in [0.4, 0.5) is 17.1 Å². The molecule has 0 saturated carbocycles. The van der Waals surface area contributed by atoms with Gasteiger partial charge in [0.1, 0.15) is 6.07 Å². The van der Waals surface area contributed by atoms with Crippen molar-refractivity contribution in [2.45, 2.75) is 12.8 Å². The van der Waals surface area contributed by atoms with E-state index in [1.807, 2.05) is 30.3 Å². The second kappa shape index (κ2) is 7.89. The quantitative estimate of drug-likeness (QED) is 0.847. The lowest BCUT2D eigenvalue weighted by molar-refractivity contribution is -0.117. The molecule has 0 aromatic heterocycles. The monoisotopic (exact) mass is 368 g/mol. The van der Waals surface area contributed by atoms with Gasteiger partial charge in [0.05, 0.1) is 29.2 Å². The third kappa shape index (κ3) is 3.95. The highest BCUT2D eigenvalue weighted by molar-refractivity contribution is 6.31. The maximum absolute atomic E-state index is 12.3. The maximum Gasteiger partial charge on any atom is 0.243 e. The van der Waals surface area contributed by atoms with Crippen molar-refractivity contribution in [2.75, 3.05) is 28.6 Å². The Morgan fingerprint density at radius 3 is 2.77 bits per heavy atom. The molecule has 2 amide bonds. The van der Waals surface area contributed by atoms with Gasteiger partial charge in [0, 0.05) is 18.0 Å². The number of carbonyl (C=O) groups excluding carboxylic acids is 2. The number of rotatable bonds is 5. The number of hydrogen-bond donors (Lipinski definition) is 2. The summed E-state index contributed by atoms with van der Waals surface area (Å²) in [6.07, 6.45) is 1.37. The summed E-state index contributed by atoms with van der Waals surface area (Å²) in [4.78, 5) is 26.0. The molecule has 3 rings (SSSR count). The normalized spacial score (nSPS) is 13.4. The fourth-order valence-corrected chi connectivity index (χ4v) is 3.02. The molecule has 7 heteroatoms. The van der Waals surface area contributed by atoms with Gasteiger partial charge in [-0.1, -0.05) is 23.7 Å². The SMILES string of the molecule is N#Cc1ccc(Cl)cc1NC(=O)CNc1ccccc1N1CCCC1=O. The molecule has 6 nitrogen and oxygen atoms in total. The fraction of sp³-hybridized carbons (Fsp3) is 0.211. The fourth-order valence-electron chi connectivity index (χ4n) is 2.85. The van der Waals surface area contributed by atoms with Gasteiger partial charge in [0.15, 0.2) is 0 Å². The Morgan fingerprint density at radius 2 is 2.04 bits per heavy atom. The molecule has 0 bridgehead atoms. The number of para-hydroxylation sites is 2. The number of carbonyl (C=O) groups is 2. The van der Waals surface area contributed by atoms with E-state index >= 15 is 0 Å². The molecule has 2 aromatic carbocycles. The molecule has 1 heterocycles. The molecule has 0 atom stereocenters. The molecule has 2 N–H and O–H groups in total. The zero-order valence-electron chi connectivity index (χ0n) is 14.0. The summed E-state index contributed by atoms with van der Waals surface area (Å²) >= 11 is 5.92. The summed E-state index contributed by atoms with van der Waals surface area (Å²) in [6, 6.07) is 14.1. The van der Waals surface area contributed by atoms with Crippen LogP contribution in [-0.4, -0.2) is 24.9 Å². The Bertz CT molecular complexity index is 891. The van der Waals surface area contributed by atoms with Crippen molar-refractivity contribution in [3.8, 4) is 6.07 Å². The van der Waals surface area contributed by atoms with E-state index in [2.05, 4.69) is 10.6 Å². The lowest BCUT2D eigenvalue weighted by Crippen LogP contribution is -2.26. The largest absolute Gasteiger partial charge is 0.374 e. The standard InChI is InChI=1S/C19H17ClN4O2/c20-14-8-7-13(11-21)16(10-14)23-18(25)12-22-15-4-1-2-5-17(15)24-9-3-6-19(24)26/h1-2,4-5,7-8,10,22H,3,6,9,12H2,(H,23,25). The highest BCUT2D eigenvalue weighted by Crippen LogP contribution is 2.29. The lowest BCUT2D eigenvalue weighted by atomic mass is 10.2. The van der Waals surface area contributed by atoms with Crippen molar-refractivity contribution in [1.82, 2.24) is 0 Å². The first-order valence-corrected chi connectivity index (χ1v) is 8.59. The first-order valence-electron chi connectivity index (χ1n) is 8.21. The van der Waals surface area contributed by atoms with Crippen LogP contribution >= 0.6 is 11.6 Å². The number of halogens is 1. The van der Waals surface area contributed by atoms with Crippen LogP contribution in [0.15, 0.2) is 42.5 Å². The van der Waals surface area contributed by atoms with Crippen LogP contribution in [0.25, 0.3) is 0 Å². The summed E-state index contributed by atoms with van der Waals surface area (Å²) in [7, 11) is 0. The Labute approximate surface area is 156 Å². The molecular formula is C19H17ClN4O2. The lowest BCUT2D eigenvalue weighted by Gasteiger charge is -2.20. The van der Waals surface area contributed by atoms with Gasteiger partial charge in [0.25, 0.3) is 0 Å². The molecule has 26 heavy (non-hydrogen) atoms. The minimum Gasteiger partial charge on any atom is -0.374 e. The van der Waals surface area contributed by atoms with E-state index in [1.165, 1.54) is 6.07 Å². The van der Waals surface area contributed by atoms with Crippen molar-refractivity contribution < 1.29 is 9.59 Å². The number of amides is 2. The highest BCUT2D eigenvalue weighted by atomic mass is 35.5. The number of hydrogen-bond acceptors (Lipinski definition) is 4. The van der Waals surface area contributed by atoms with Gasteiger partial charge in [-0.05, 0) is 36.8 Å². The molecule has 2 aromatic rings. The van der Waals surface area contributed by atoms with Gasteiger partial charge in [-0.15, -0.1) is 0 Å². The first-order chi connectivity index (χ1) is 12.6. The predicted octanol–water partition coefficient (Wildman–Crippen LogP) is 3.39. The van der Waals surface area contributed by atoms with Crippen LogP contribution in [-0.2, 0) is 9.59 Å². The van der Waals surface area contributed by atoms with Crippen LogP contribution < -0.4 is 15.5 Å². The number of anilines is 3. The number of benzene rings is 2. The van der Waals surface area contributed by atoms with Crippen LogP contribution in [0.3, 0.4) is 0 Å². The Balaban J connectivity index is 1.68. The third-order valence-electron chi connectivity index (χ3n) is 4.08. The summed E-state index contributed by atoms with van der Waals surface area (Å²) in [5.74, 6) is -0.229. The van der Waals surface area contributed by atoms with Crippen LogP contribution in [0, 0.1) is 11.3 Å². The molecule has 132 valence electrons. The van der Waals surface area contributed by atoms with Gasteiger partial charge < -0.3 is 15.5 Å². The van der Waals surface area contributed by atoms with Crippen molar-refractivity contribution in [2.24, 2.45) is 0 Å². The minimum atomic E-state index is -0.314. The van der Waals surface area contributed by atoms with Crippen LogP contribution in [0.5, 0.6) is 0 Å². The second-order valence-electron chi connectivity index (χ2n) is 5.87. The highest BCUT2D eigenvalue weighted by Gasteiger charge is 2.23. The number of nitriles is 1. The number of nitrogens with zero attached hydrogens (tertiary/aromatic N) is 2. The smallest absolute Gasteiger partial charge is 0.243 e. The molecule has 1 saturated heterocycles. The molecule has 0 unspecified atom stereocenters. The third-order valence-corrected chi connectivity index (χ3v) is 4.32. The van der Waals surface area contributed by atoms with Crippen molar-refractivity contribution in [1.29, 1.82) is 5.26 Å². The predicted molar refractivity (Wildman–Crippen MR) is 101 cm³/mol. The molecule has 1 aliphatic rings. The van der Waals surface area contributed by atoms with Crippen molar-refractivity contribution in [3.05, 3.63) is 53.1 Å². The van der Waals surface area contributed by atoms with E-state index in [4.69, 9.17) is 16.9 Å². The van der Waals surface area contributed by atoms with E-state index in [9.17, 15) is 9.59 Å². The molecule has 0 spiro atoms. The number of nitrogens with one attached hydrogen (secondary N) is 2. The summed E-state index contributed by atoms with van der Waals surface area (Å²) in [6.45, 7) is 0.675. The zero-order chi connectivity index (χ0) is 18.5. The molecule has 0 aliphatic carbocycles. The molecular weight excluding hydrogens is 352 g/mol. The van der Waals surface area contributed by atoms with Crippen LogP contribution in [0.2, 0.25) is 5.02 Å². The first kappa shape index (κ1) is 17.8. The molecule has 0 radical (unpaired) electrons. The van der Waals surface area contributed by atoms with E-state index in [-0.39, 0.29) is 18.4 Å². The van der Waals surface area contributed by atoms with Gasteiger partial charge in [-0.2, -0.15) is 5.26 Å². The van der Waals surface area contributed by atoms with Gasteiger partial charge in [-0.25, -0.2) is 0 Å². The summed E-state index contributed by atoms with van der Waals surface area (Å²) in [5, 5.41) is 15.3. The summed E-state index contributed by atoms with van der Waals surface area (Å²) < 4.78 is 0. The average Bonchev–Trinajstić information content (AvgIpc) is 3.06. The zero-order valence-corrected chi connectivity index (χ0v) is 14.7. The minimum absolute atomic E-state index is 0.00355. The Morgan fingerprint density at radius 1 is 1.23 bits per heavy atom. The second-order valence-corrected chi connectivity index (χ2v) is 6.31. The van der Waals surface area contributed by atoms with E-state index < -0.39 is 0 Å². The summed E-state index contributed by atoms with van der Waals surface area (Å²) in [5.41, 5.74) is 2.19. The van der Waals surface area contributed by atoms with Gasteiger partial charge >= 0.3 is 0 Å². The average molecular weight is 369 g/mol. The van der Waals surface area contributed by atoms with Gasteiger partial charge in [-0.3, -0.25) is 9.59 Å². The van der Waals surface area contributed by atoms with Crippen molar-refractivity contribution in [3.63, 3.8) is 0 Å². The van der Waals surface area contributed by atoms with Gasteiger partial charge in [0.2, 0.25) is 11.8 Å². The van der Waals surface area contributed by atoms with E-state index in [1.54, 1.807) is 17.0 Å². The van der Waals surface area contributed by atoms with E-state index in [0.717, 1.165) is 12.1 Å². The maximum atomic E-state index is 12.3.